The molecule has 4 aromatic rings. The predicted octanol–water partition coefficient (Wildman–Crippen LogP) is 3.33. The summed E-state index contributed by atoms with van der Waals surface area (Å²) in [6, 6.07) is 11.2. The molecule has 1 saturated heterocycles. The Labute approximate surface area is 220 Å². The molecule has 0 spiro atoms. The van der Waals surface area contributed by atoms with Crippen LogP contribution in [-0.2, 0) is 16.8 Å². The maximum absolute atomic E-state index is 14.0. The van der Waals surface area contributed by atoms with Crippen molar-refractivity contribution in [2.75, 3.05) is 47.7 Å². The Hall–Kier alpha value is -3.54. The standard InChI is InChI=1S/C27H29N3O7S/c1-28(38(32,33)29-8-4-5-9-29)10-11-30-26-18(7-6-17-12-24-25(13-19(17)26)37-16-36-24)20-14-22(34-2)23(35-3)15-21(20)27(30)31/h6-7,12-15H,4-5,8-11,16H2,1-3H3. The average Bonchev–Trinajstić information content (AvgIpc) is 3.63. The van der Waals surface area contributed by atoms with Gasteiger partial charge in [-0.2, -0.15) is 17.0 Å². The molecule has 1 aromatic heterocycles. The number of nitrogens with zero attached hydrogens (tertiary/aromatic N) is 3. The molecule has 2 aliphatic rings. The number of benzene rings is 3. The third-order valence-corrected chi connectivity index (χ3v) is 9.46. The Kier molecular flexibility index (Phi) is 6.09. The van der Waals surface area contributed by atoms with Gasteiger partial charge in [0.05, 0.1) is 25.1 Å². The molecule has 1 fully saturated rings. The van der Waals surface area contributed by atoms with E-state index in [1.807, 2.05) is 30.3 Å². The van der Waals surface area contributed by atoms with Crippen LogP contribution >= 0.6 is 0 Å². The predicted molar refractivity (Wildman–Crippen MR) is 145 cm³/mol. The molecule has 3 heterocycles. The molecule has 11 heteroatoms. The molecular weight excluding hydrogens is 510 g/mol. The fourth-order valence-corrected chi connectivity index (χ4v) is 6.84. The molecule has 0 N–H and O–H groups in total. The Morgan fingerprint density at radius 2 is 1.55 bits per heavy atom. The lowest BCUT2D eigenvalue weighted by atomic mass is 10.00. The van der Waals surface area contributed by atoms with Gasteiger partial charge in [-0.05, 0) is 42.5 Å². The van der Waals surface area contributed by atoms with Crippen LogP contribution in [0.4, 0.5) is 0 Å². The second-order valence-electron chi connectivity index (χ2n) is 9.53. The Balaban J connectivity index is 1.57. The van der Waals surface area contributed by atoms with Gasteiger partial charge in [-0.25, -0.2) is 0 Å². The Morgan fingerprint density at radius 3 is 2.24 bits per heavy atom. The fraction of sp³-hybridized carbons (Fsp3) is 0.370. The molecule has 0 amide bonds. The molecule has 0 unspecified atom stereocenters. The summed E-state index contributed by atoms with van der Waals surface area (Å²) >= 11 is 0. The monoisotopic (exact) mass is 539 g/mol. The fourth-order valence-electron chi connectivity index (χ4n) is 5.42. The maximum atomic E-state index is 14.0. The van der Waals surface area contributed by atoms with Crippen LogP contribution in [0.25, 0.3) is 32.4 Å². The van der Waals surface area contributed by atoms with Gasteiger partial charge in [0, 0.05) is 49.4 Å². The number of likely N-dealkylation sites (N-methyl/N-ethyl adjacent to an activating group) is 1. The first-order valence-corrected chi connectivity index (χ1v) is 13.9. The van der Waals surface area contributed by atoms with E-state index in [1.54, 1.807) is 24.8 Å². The second-order valence-corrected chi connectivity index (χ2v) is 11.6. The molecule has 6 rings (SSSR count). The van der Waals surface area contributed by atoms with E-state index in [0.29, 0.717) is 47.0 Å². The van der Waals surface area contributed by atoms with Crippen LogP contribution < -0.4 is 24.5 Å². The largest absolute Gasteiger partial charge is 0.493 e. The number of rotatable bonds is 7. The molecule has 0 aliphatic carbocycles. The van der Waals surface area contributed by atoms with E-state index in [2.05, 4.69) is 0 Å². The highest BCUT2D eigenvalue weighted by molar-refractivity contribution is 7.86. The van der Waals surface area contributed by atoms with E-state index in [4.69, 9.17) is 18.9 Å². The van der Waals surface area contributed by atoms with Crippen LogP contribution in [0, 0.1) is 0 Å². The minimum Gasteiger partial charge on any atom is -0.493 e. The number of pyridine rings is 1. The summed E-state index contributed by atoms with van der Waals surface area (Å²) in [7, 11) is 1.03. The van der Waals surface area contributed by atoms with Crippen molar-refractivity contribution in [3.05, 3.63) is 46.8 Å². The summed E-state index contributed by atoms with van der Waals surface area (Å²) in [5, 5.41) is 3.70. The van der Waals surface area contributed by atoms with Gasteiger partial charge in [0.15, 0.2) is 23.0 Å². The van der Waals surface area contributed by atoms with Crippen molar-refractivity contribution >= 4 is 42.7 Å². The van der Waals surface area contributed by atoms with Gasteiger partial charge < -0.3 is 23.5 Å². The highest BCUT2D eigenvalue weighted by atomic mass is 32.2. The van der Waals surface area contributed by atoms with Crippen LogP contribution in [0.1, 0.15) is 12.8 Å². The van der Waals surface area contributed by atoms with Gasteiger partial charge in [-0.15, -0.1) is 0 Å². The highest BCUT2D eigenvalue weighted by Gasteiger charge is 2.29. The van der Waals surface area contributed by atoms with E-state index >= 15 is 0 Å². The van der Waals surface area contributed by atoms with Gasteiger partial charge in [-0.3, -0.25) is 4.79 Å². The lowest BCUT2D eigenvalue weighted by molar-refractivity contribution is 0.174. The number of ether oxygens (including phenoxy) is 4. The Bertz CT molecular complexity index is 1740. The molecule has 0 bridgehead atoms. The summed E-state index contributed by atoms with van der Waals surface area (Å²) < 4.78 is 52.9. The Morgan fingerprint density at radius 1 is 0.895 bits per heavy atom. The van der Waals surface area contributed by atoms with Crippen molar-refractivity contribution in [1.82, 2.24) is 13.2 Å². The summed E-state index contributed by atoms with van der Waals surface area (Å²) in [5.74, 6) is 2.21. The van der Waals surface area contributed by atoms with Crippen LogP contribution in [0.5, 0.6) is 23.0 Å². The zero-order valence-electron chi connectivity index (χ0n) is 21.5. The quantitative estimate of drug-likeness (QED) is 0.332. The van der Waals surface area contributed by atoms with Crippen molar-refractivity contribution in [3.63, 3.8) is 0 Å². The van der Waals surface area contributed by atoms with E-state index in [0.717, 1.165) is 34.4 Å². The zero-order valence-corrected chi connectivity index (χ0v) is 22.3. The molecule has 2 aliphatic heterocycles. The minimum atomic E-state index is -3.61. The number of aromatic nitrogens is 1. The second kappa shape index (κ2) is 9.33. The zero-order chi connectivity index (χ0) is 26.6. The summed E-state index contributed by atoms with van der Waals surface area (Å²) in [6.45, 7) is 1.47. The molecular formula is C27H29N3O7S. The molecule has 200 valence electrons. The van der Waals surface area contributed by atoms with Crippen molar-refractivity contribution in [3.8, 4) is 23.0 Å². The number of methoxy groups -OCH3 is 2. The van der Waals surface area contributed by atoms with Gasteiger partial charge in [0.2, 0.25) is 6.79 Å². The van der Waals surface area contributed by atoms with Crippen LogP contribution in [0.3, 0.4) is 0 Å². The van der Waals surface area contributed by atoms with E-state index in [9.17, 15) is 13.2 Å². The van der Waals surface area contributed by atoms with Crippen LogP contribution in [0.15, 0.2) is 41.2 Å². The highest BCUT2D eigenvalue weighted by Crippen LogP contribution is 2.41. The van der Waals surface area contributed by atoms with Gasteiger partial charge in [-0.1, -0.05) is 12.1 Å². The van der Waals surface area contributed by atoms with Crippen molar-refractivity contribution < 1.29 is 27.4 Å². The number of hydrogen-bond acceptors (Lipinski definition) is 7. The maximum Gasteiger partial charge on any atom is 0.281 e. The lowest BCUT2D eigenvalue weighted by Crippen LogP contribution is -2.42. The SMILES string of the molecule is COc1cc2c(=O)n(CCN(C)S(=O)(=O)N3CCCC3)c3c4cc5c(cc4ccc3c2cc1OC)OCO5. The minimum absolute atomic E-state index is 0.133. The van der Waals surface area contributed by atoms with Crippen LogP contribution in [0.2, 0.25) is 0 Å². The van der Waals surface area contributed by atoms with Gasteiger partial charge in [0.1, 0.15) is 0 Å². The topological polar surface area (TPSA) is 99.5 Å². The third-order valence-electron chi connectivity index (χ3n) is 7.47. The molecule has 10 nitrogen and oxygen atoms in total. The van der Waals surface area contributed by atoms with Gasteiger partial charge >= 0.3 is 0 Å². The van der Waals surface area contributed by atoms with E-state index in [1.165, 1.54) is 15.7 Å². The van der Waals surface area contributed by atoms with E-state index < -0.39 is 10.2 Å². The number of hydrogen-bond donors (Lipinski definition) is 0. The first-order chi connectivity index (χ1) is 18.3. The summed E-state index contributed by atoms with van der Waals surface area (Å²) in [6.07, 6.45) is 1.71. The summed E-state index contributed by atoms with van der Waals surface area (Å²) in [5.41, 5.74) is 0.447. The molecule has 0 radical (unpaired) electrons. The van der Waals surface area contributed by atoms with Crippen molar-refractivity contribution in [1.29, 1.82) is 0 Å². The first kappa shape index (κ1) is 24.8. The number of fused-ring (bicyclic) bond motifs is 6. The summed E-state index contributed by atoms with van der Waals surface area (Å²) in [4.78, 5) is 14.0. The first-order valence-electron chi connectivity index (χ1n) is 12.5. The van der Waals surface area contributed by atoms with Crippen molar-refractivity contribution in [2.45, 2.75) is 19.4 Å². The normalized spacial score (nSPS) is 15.8. The lowest BCUT2D eigenvalue weighted by Gasteiger charge is -2.24. The molecule has 3 aromatic carbocycles. The van der Waals surface area contributed by atoms with E-state index in [-0.39, 0.29) is 25.4 Å². The van der Waals surface area contributed by atoms with Crippen molar-refractivity contribution in [2.24, 2.45) is 0 Å². The smallest absolute Gasteiger partial charge is 0.281 e. The molecule has 0 atom stereocenters. The third kappa shape index (κ3) is 3.84. The van der Waals surface area contributed by atoms with Gasteiger partial charge in [0.25, 0.3) is 15.8 Å². The molecule has 0 saturated carbocycles. The van der Waals surface area contributed by atoms with Crippen LogP contribution in [-0.4, -0.2) is 69.3 Å². The molecule has 38 heavy (non-hydrogen) atoms. The average molecular weight is 540 g/mol.